The van der Waals surface area contributed by atoms with Crippen molar-refractivity contribution in [2.75, 3.05) is 0 Å². The average Bonchev–Trinajstić information content (AvgIpc) is 2.71. The van der Waals surface area contributed by atoms with E-state index in [-0.39, 0.29) is 5.78 Å². The van der Waals surface area contributed by atoms with Crippen molar-refractivity contribution in [3.8, 4) is 0 Å². The largest absolute Gasteiger partial charge is 0.290 e. The van der Waals surface area contributed by atoms with Crippen molar-refractivity contribution in [2.24, 2.45) is 0 Å². The van der Waals surface area contributed by atoms with Gasteiger partial charge in [0.1, 0.15) is 0 Å². The summed E-state index contributed by atoms with van der Waals surface area (Å²) in [6, 6.07) is 3.88. The molecule has 0 aliphatic heterocycles. The lowest BCUT2D eigenvalue weighted by Gasteiger charge is -1.97. The maximum Gasteiger partial charge on any atom is 0.205 e. The number of Topliss-reactive ketones (excluding diaryl/α,β-unsaturated/α-hetero) is 1. The Morgan fingerprint density at radius 3 is 2.73 bits per heavy atom. The predicted molar refractivity (Wildman–Crippen MR) is 59.1 cm³/mol. The topological polar surface area (TPSA) is 42.9 Å². The fourth-order valence-corrected chi connectivity index (χ4v) is 1.89. The molecule has 0 N–H and O–H groups in total. The van der Waals surface area contributed by atoms with Crippen LogP contribution in [0.3, 0.4) is 0 Å². The fraction of sp³-hybridized carbons (Fsp3) is 0.182. The van der Waals surface area contributed by atoms with E-state index in [2.05, 4.69) is 9.97 Å². The summed E-state index contributed by atoms with van der Waals surface area (Å²) in [5.41, 5.74) is 0.961. The molecule has 2 rings (SSSR count). The molecule has 4 heteroatoms. The van der Waals surface area contributed by atoms with E-state index >= 15 is 0 Å². The number of aromatic nitrogens is 2. The second-order valence-electron chi connectivity index (χ2n) is 3.26. The number of nitrogens with zero attached hydrogens (tertiary/aromatic N) is 2. The quantitative estimate of drug-likeness (QED) is 0.742. The SMILES string of the molecule is Cc1cnc(C(=O)Cc2cccs2)nc1. The van der Waals surface area contributed by atoms with Gasteiger partial charge in [-0.2, -0.15) is 0 Å². The molecule has 2 aromatic heterocycles. The van der Waals surface area contributed by atoms with Gasteiger partial charge in [-0.05, 0) is 23.9 Å². The summed E-state index contributed by atoms with van der Waals surface area (Å²) in [6.45, 7) is 1.90. The number of hydrogen-bond acceptors (Lipinski definition) is 4. The van der Waals surface area contributed by atoms with Crippen LogP contribution in [-0.4, -0.2) is 15.8 Å². The molecule has 0 radical (unpaired) electrons. The highest BCUT2D eigenvalue weighted by atomic mass is 32.1. The lowest BCUT2D eigenvalue weighted by Crippen LogP contribution is -2.07. The number of aryl methyl sites for hydroxylation is 1. The lowest BCUT2D eigenvalue weighted by molar-refractivity contribution is 0.0984. The average molecular weight is 218 g/mol. The second-order valence-corrected chi connectivity index (χ2v) is 4.30. The molecule has 0 saturated heterocycles. The van der Waals surface area contributed by atoms with Gasteiger partial charge < -0.3 is 0 Å². The first-order valence-corrected chi connectivity index (χ1v) is 5.48. The van der Waals surface area contributed by atoms with E-state index in [0.717, 1.165) is 10.4 Å². The third-order valence-corrected chi connectivity index (χ3v) is 2.82. The fourth-order valence-electron chi connectivity index (χ4n) is 1.19. The summed E-state index contributed by atoms with van der Waals surface area (Å²) in [4.78, 5) is 20.8. The lowest BCUT2D eigenvalue weighted by atomic mass is 10.2. The van der Waals surface area contributed by atoms with Gasteiger partial charge in [0.15, 0.2) is 5.82 Å². The smallest absolute Gasteiger partial charge is 0.205 e. The van der Waals surface area contributed by atoms with Gasteiger partial charge in [-0.25, -0.2) is 9.97 Å². The summed E-state index contributed by atoms with van der Waals surface area (Å²) in [5.74, 6) is 0.270. The zero-order chi connectivity index (χ0) is 10.7. The van der Waals surface area contributed by atoms with Gasteiger partial charge in [0.25, 0.3) is 0 Å². The van der Waals surface area contributed by atoms with Crippen molar-refractivity contribution in [1.82, 2.24) is 9.97 Å². The van der Waals surface area contributed by atoms with Crippen LogP contribution in [0.15, 0.2) is 29.9 Å². The minimum atomic E-state index is -0.0301. The molecule has 0 saturated carbocycles. The number of ketones is 1. The number of hydrogen-bond donors (Lipinski definition) is 0. The van der Waals surface area contributed by atoms with E-state index < -0.39 is 0 Å². The molecule has 0 aliphatic carbocycles. The molecule has 0 atom stereocenters. The maximum atomic E-state index is 11.7. The van der Waals surface area contributed by atoms with Crippen LogP contribution < -0.4 is 0 Å². The van der Waals surface area contributed by atoms with Gasteiger partial charge in [-0.1, -0.05) is 6.07 Å². The maximum absolute atomic E-state index is 11.7. The third-order valence-electron chi connectivity index (χ3n) is 1.95. The first-order chi connectivity index (χ1) is 7.25. The molecule has 2 heterocycles. The van der Waals surface area contributed by atoms with E-state index in [9.17, 15) is 4.79 Å². The summed E-state index contributed by atoms with van der Waals surface area (Å²) in [5, 5.41) is 1.96. The van der Waals surface area contributed by atoms with Crippen LogP contribution in [0.5, 0.6) is 0 Å². The van der Waals surface area contributed by atoms with Crippen LogP contribution in [0.25, 0.3) is 0 Å². The molecule has 15 heavy (non-hydrogen) atoms. The summed E-state index contributed by atoms with van der Waals surface area (Å²) < 4.78 is 0. The molecule has 3 nitrogen and oxygen atoms in total. The molecule has 0 unspecified atom stereocenters. The van der Waals surface area contributed by atoms with Crippen molar-refractivity contribution >= 4 is 17.1 Å². The predicted octanol–water partition coefficient (Wildman–Crippen LogP) is 2.27. The van der Waals surface area contributed by atoms with Crippen molar-refractivity contribution < 1.29 is 4.79 Å². The number of rotatable bonds is 3. The van der Waals surface area contributed by atoms with Crippen LogP contribution in [-0.2, 0) is 6.42 Å². The van der Waals surface area contributed by atoms with Crippen molar-refractivity contribution in [1.29, 1.82) is 0 Å². The Morgan fingerprint density at radius 1 is 1.40 bits per heavy atom. The molecular formula is C11H10N2OS. The Morgan fingerprint density at radius 2 is 2.13 bits per heavy atom. The molecule has 2 aromatic rings. The van der Waals surface area contributed by atoms with Gasteiger partial charge in [-0.15, -0.1) is 11.3 Å². The zero-order valence-corrected chi connectivity index (χ0v) is 9.12. The van der Waals surface area contributed by atoms with Gasteiger partial charge in [0.05, 0.1) is 0 Å². The monoisotopic (exact) mass is 218 g/mol. The Kier molecular flexibility index (Phi) is 2.87. The molecule has 0 aromatic carbocycles. The molecule has 0 fully saturated rings. The highest BCUT2D eigenvalue weighted by Crippen LogP contribution is 2.11. The van der Waals surface area contributed by atoms with Crippen LogP contribution in [0, 0.1) is 6.92 Å². The van der Waals surface area contributed by atoms with Gasteiger partial charge in [0.2, 0.25) is 5.78 Å². The Balaban J connectivity index is 2.11. The Bertz CT molecular complexity index is 448. The van der Waals surface area contributed by atoms with Crippen molar-refractivity contribution in [2.45, 2.75) is 13.3 Å². The molecule has 76 valence electrons. The summed E-state index contributed by atoms with van der Waals surface area (Å²) in [7, 11) is 0. The van der Waals surface area contributed by atoms with Crippen LogP contribution in [0.2, 0.25) is 0 Å². The van der Waals surface area contributed by atoms with Gasteiger partial charge in [-0.3, -0.25) is 4.79 Å². The Labute approximate surface area is 91.8 Å². The molecular weight excluding hydrogens is 208 g/mol. The summed E-state index contributed by atoms with van der Waals surface area (Å²) >= 11 is 1.57. The van der Waals surface area contributed by atoms with Gasteiger partial charge in [0, 0.05) is 23.7 Å². The van der Waals surface area contributed by atoms with E-state index in [1.165, 1.54) is 0 Å². The molecule has 0 aliphatic rings. The highest BCUT2D eigenvalue weighted by molar-refractivity contribution is 7.10. The van der Waals surface area contributed by atoms with Crippen molar-refractivity contribution in [3.05, 3.63) is 46.2 Å². The highest BCUT2D eigenvalue weighted by Gasteiger charge is 2.09. The summed E-state index contributed by atoms with van der Waals surface area (Å²) in [6.07, 6.45) is 3.71. The first-order valence-electron chi connectivity index (χ1n) is 4.60. The van der Waals surface area contributed by atoms with Crippen LogP contribution in [0.4, 0.5) is 0 Å². The minimum Gasteiger partial charge on any atom is -0.290 e. The van der Waals surface area contributed by atoms with E-state index in [1.54, 1.807) is 23.7 Å². The van der Waals surface area contributed by atoms with Crippen LogP contribution in [0.1, 0.15) is 21.1 Å². The van der Waals surface area contributed by atoms with E-state index in [4.69, 9.17) is 0 Å². The molecule has 0 amide bonds. The molecule has 0 spiro atoms. The van der Waals surface area contributed by atoms with Crippen molar-refractivity contribution in [3.63, 3.8) is 0 Å². The standard InChI is InChI=1S/C11H10N2OS/c1-8-6-12-11(13-7-8)10(14)5-9-3-2-4-15-9/h2-4,6-7H,5H2,1H3. The minimum absolute atomic E-state index is 0.0301. The normalized spacial score (nSPS) is 10.2. The van der Waals surface area contributed by atoms with Crippen LogP contribution >= 0.6 is 11.3 Å². The third kappa shape index (κ3) is 2.47. The van der Waals surface area contributed by atoms with E-state index in [0.29, 0.717) is 12.2 Å². The second kappa shape index (κ2) is 4.31. The van der Waals surface area contributed by atoms with Gasteiger partial charge >= 0.3 is 0 Å². The number of thiophene rings is 1. The Hall–Kier alpha value is -1.55. The molecule has 0 bridgehead atoms. The first kappa shape index (κ1) is 9.98. The number of carbonyl (C=O) groups is 1. The number of carbonyl (C=O) groups excluding carboxylic acids is 1. The van der Waals surface area contributed by atoms with E-state index in [1.807, 2.05) is 24.4 Å². The zero-order valence-electron chi connectivity index (χ0n) is 8.30.